The van der Waals surface area contributed by atoms with Crippen molar-refractivity contribution in [2.75, 3.05) is 6.54 Å². The van der Waals surface area contributed by atoms with Gasteiger partial charge in [-0.2, -0.15) is 0 Å². The molecule has 3 N–H and O–H groups in total. The van der Waals surface area contributed by atoms with Gasteiger partial charge in [-0.1, -0.05) is 74.5 Å². The van der Waals surface area contributed by atoms with E-state index in [2.05, 4.69) is 36.6 Å². The third-order valence-corrected chi connectivity index (χ3v) is 4.57. The van der Waals surface area contributed by atoms with Gasteiger partial charge in [0.25, 0.3) is 5.91 Å². The van der Waals surface area contributed by atoms with Crippen molar-refractivity contribution in [3.63, 3.8) is 0 Å². The van der Waals surface area contributed by atoms with Gasteiger partial charge in [-0.15, -0.1) is 0 Å². The van der Waals surface area contributed by atoms with Gasteiger partial charge < -0.3 is 10.6 Å². The third kappa shape index (κ3) is 6.12. The first kappa shape index (κ1) is 19.9. The van der Waals surface area contributed by atoms with E-state index in [1.165, 1.54) is 12.5 Å². The Balaban J connectivity index is 1.93. The van der Waals surface area contributed by atoms with Crippen LogP contribution in [-0.2, 0) is 16.0 Å². The van der Waals surface area contributed by atoms with Crippen LogP contribution < -0.4 is 10.6 Å². The lowest BCUT2D eigenvalue weighted by Crippen LogP contribution is -2.88. The van der Waals surface area contributed by atoms with Crippen molar-refractivity contribution in [1.82, 2.24) is 5.32 Å². The molecule has 0 aliphatic heterocycles. The summed E-state index contributed by atoms with van der Waals surface area (Å²) in [7, 11) is 0. The van der Waals surface area contributed by atoms with E-state index in [0.717, 1.165) is 5.56 Å². The summed E-state index contributed by atoms with van der Waals surface area (Å²) in [6.07, 6.45) is 0.522. The highest BCUT2D eigenvalue weighted by Gasteiger charge is 2.22. The Hall–Kier alpha value is -2.46. The van der Waals surface area contributed by atoms with Crippen LogP contribution in [0, 0.1) is 5.92 Å². The Bertz CT molecular complexity index is 699. The molecule has 2 atom stereocenters. The van der Waals surface area contributed by atoms with Gasteiger partial charge in [0.2, 0.25) is 0 Å². The molecule has 0 unspecified atom stereocenters. The zero-order chi connectivity index (χ0) is 18.9. The van der Waals surface area contributed by atoms with Gasteiger partial charge in [0, 0.05) is 11.5 Å². The molecule has 26 heavy (non-hydrogen) atoms. The van der Waals surface area contributed by atoms with Crippen LogP contribution in [0.15, 0.2) is 60.7 Å². The number of nitrogens with two attached hydrogens (primary N) is 1. The molecule has 0 aromatic heterocycles. The van der Waals surface area contributed by atoms with Crippen molar-refractivity contribution in [2.45, 2.75) is 39.3 Å². The summed E-state index contributed by atoms with van der Waals surface area (Å²) in [5.74, 6) is 0.270. The Morgan fingerprint density at radius 2 is 1.54 bits per heavy atom. The highest BCUT2D eigenvalue weighted by Crippen LogP contribution is 2.16. The molecule has 0 bridgehead atoms. The van der Waals surface area contributed by atoms with E-state index in [0.29, 0.717) is 18.9 Å². The maximum Gasteiger partial charge on any atom is 0.275 e. The highest BCUT2D eigenvalue weighted by atomic mass is 16.2. The predicted molar refractivity (Wildman–Crippen MR) is 104 cm³/mol. The molecule has 4 nitrogen and oxygen atoms in total. The maximum atomic E-state index is 12.4. The maximum absolute atomic E-state index is 12.4. The Kier molecular flexibility index (Phi) is 7.54. The second kappa shape index (κ2) is 9.88. The van der Waals surface area contributed by atoms with Crippen LogP contribution in [-0.4, -0.2) is 24.3 Å². The van der Waals surface area contributed by atoms with Gasteiger partial charge in [-0.3, -0.25) is 9.59 Å². The van der Waals surface area contributed by atoms with Crippen molar-refractivity contribution >= 4 is 11.7 Å². The zero-order valence-corrected chi connectivity index (χ0v) is 15.8. The second-order valence-corrected chi connectivity index (χ2v) is 7.04. The van der Waals surface area contributed by atoms with Gasteiger partial charge in [0.15, 0.2) is 12.3 Å². The summed E-state index contributed by atoms with van der Waals surface area (Å²) in [5.41, 5.74) is 2.25. The molecule has 0 aliphatic rings. The molecule has 2 rings (SSSR count). The molecule has 0 aliphatic carbocycles. The number of quaternary nitrogens is 1. The Morgan fingerprint density at radius 1 is 0.962 bits per heavy atom. The molecule has 0 spiro atoms. The summed E-state index contributed by atoms with van der Waals surface area (Å²) in [6, 6.07) is 19.7. The molecule has 138 valence electrons. The van der Waals surface area contributed by atoms with Gasteiger partial charge in [0.1, 0.15) is 6.04 Å². The fourth-order valence-corrected chi connectivity index (χ4v) is 3.10. The Labute approximate surface area is 156 Å². The fraction of sp³-hybridized carbons (Fsp3) is 0.364. The van der Waals surface area contributed by atoms with Gasteiger partial charge >= 0.3 is 0 Å². The van der Waals surface area contributed by atoms with Gasteiger partial charge in [-0.25, -0.2) is 0 Å². The molecule has 0 radical (unpaired) electrons. The van der Waals surface area contributed by atoms with Crippen molar-refractivity contribution in [3.05, 3.63) is 71.8 Å². The minimum atomic E-state index is -0.479. The van der Waals surface area contributed by atoms with E-state index in [9.17, 15) is 9.59 Å². The first-order valence-corrected chi connectivity index (χ1v) is 9.19. The Morgan fingerprint density at radius 3 is 2.08 bits per heavy atom. The monoisotopic (exact) mass is 353 g/mol. The molecular formula is C22H29N2O2+. The average molecular weight is 353 g/mol. The standard InChI is InChI=1S/C22H28N2O2/c1-16(2)22(19-12-8-5-9-13-19)23-15-21(26)24-20(17(3)25)14-18-10-6-4-7-11-18/h4-13,16,20,22-23H,14-15H2,1-3H3,(H,24,26)/p+1/t20-,22+/m0/s1. The molecule has 0 saturated carbocycles. The number of Topliss-reactive ketones (excluding diaryl/α,β-unsaturated/α-hetero) is 1. The lowest BCUT2D eigenvalue weighted by Gasteiger charge is -2.20. The number of ketones is 1. The van der Waals surface area contributed by atoms with Crippen LogP contribution in [0.5, 0.6) is 0 Å². The molecule has 0 heterocycles. The number of rotatable bonds is 9. The van der Waals surface area contributed by atoms with E-state index in [4.69, 9.17) is 0 Å². The second-order valence-electron chi connectivity index (χ2n) is 7.04. The van der Waals surface area contributed by atoms with Crippen LogP contribution >= 0.6 is 0 Å². The van der Waals surface area contributed by atoms with Crippen molar-refractivity contribution in [2.24, 2.45) is 5.92 Å². The van der Waals surface area contributed by atoms with Gasteiger partial charge in [-0.05, 0) is 18.9 Å². The van der Waals surface area contributed by atoms with Gasteiger partial charge in [0.05, 0.1) is 6.04 Å². The summed E-state index contributed by atoms with van der Waals surface area (Å²) in [5, 5.41) is 4.94. The van der Waals surface area contributed by atoms with Crippen molar-refractivity contribution in [3.8, 4) is 0 Å². The summed E-state index contributed by atoms with van der Waals surface area (Å²) < 4.78 is 0. The van der Waals surface area contributed by atoms with Crippen LogP contribution in [0.3, 0.4) is 0 Å². The molecule has 1 amide bonds. The zero-order valence-electron chi connectivity index (χ0n) is 15.8. The molecule has 4 heteroatoms. The first-order chi connectivity index (χ1) is 12.5. The summed E-state index contributed by atoms with van der Waals surface area (Å²) in [4.78, 5) is 24.3. The van der Waals surface area contributed by atoms with E-state index >= 15 is 0 Å². The number of hydrogen-bond donors (Lipinski definition) is 2. The SMILES string of the molecule is CC(=O)[C@H](Cc1ccccc1)NC(=O)C[NH2+][C@@H](c1ccccc1)C(C)C. The smallest absolute Gasteiger partial charge is 0.275 e. The molecule has 0 saturated heterocycles. The van der Waals surface area contributed by atoms with Crippen molar-refractivity contribution in [1.29, 1.82) is 0 Å². The summed E-state index contributed by atoms with van der Waals surface area (Å²) >= 11 is 0. The van der Waals surface area contributed by atoms with Crippen LogP contribution in [0.25, 0.3) is 0 Å². The molecular weight excluding hydrogens is 324 g/mol. The number of carbonyl (C=O) groups excluding carboxylic acids is 2. The molecule has 2 aromatic rings. The van der Waals surface area contributed by atoms with E-state index in [1.54, 1.807) is 0 Å². The van der Waals surface area contributed by atoms with Crippen LogP contribution in [0.1, 0.15) is 37.9 Å². The minimum Gasteiger partial charge on any atom is -0.341 e. The van der Waals surface area contributed by atoms with E-state index in [-0.39, 0.29) is 17.7 Å². The topological polar surface area (TPSA) is 62.8 Å². The van der Waals surface area contributed by atoms with E-state index < -0.39 is 6.04 Å². The quantitative estimate of drug-likeness (QED) is 0.726. The molecule has 0 fully saturated rings. The fourth-order valence-electron chi connectivity index (χ4n) is 3.10. The third-order valence-electron chi connectivity index (χ3n) is 4.57. The van der Waals surface area contributed by atoms with Crippen molar-refractivity contribution < 1.29 is 14.9 Å². The van der Waals surface area contributed by atoms with Crippen LogP contribution in [0.2, 0.25) is 0 Å². The van der Waals surface area contributed by atoms with Crippen LogP contribution in [0.4, 0.5) is 0 Å². The number of benzene rings is 2. The number of nitrogens with one attached hydrogen (secondary N) is 1. The highest BCUT2D eigenvalue weighted by molar-refractivity contribution is 5.88. The lowest BCUT2D eigenvalue weighted by molar-refractivity contribution is -0.692. The number of amides is 1. The first-order valence-electron chi connectivity index (χ1n) is 9.19. The normalized spacial score (nSPS) is 13.2. The predicted octanol–water partition coefficient (Wildman–Crippen LogP) is 2.26. The lowest BCUT2D eigenvalue weighted by atomic mass is 9.96. The molecule has 2 aromatic carbocycles. The number of hydrogen-bond acceptors (Lipinski definition) is 2. The average Bonchev–Trinajstić information content (AvgIpc) is 2.62. The minimum absolute atomic E-state index is 0.0225. The van der Waals surface area contributed by atoms with E-state index in [1.807, 2.05) is 48.5 Å². The largest absolute Gasteiger partial charge is 0.341 e. The summed E-state index contributed by atoms with van der Waals surface area (Å²) in [6.45, 7) is 6.13. The number of carbonyl (C=O) groups is 2.